The lowest BCUT2D eigenvalue weighted by atomic mass is 10.2. The number of rotatable bonds is 7. The molecule has 1 aromatic heterocycles. The van der Waals surface area contributed by atoms with Crippen molar-refractivity contribution in [2.24, 2.45) is 0 Å². The van der Waals surface area contributed by atoms with E-state index in [1.807, 2.05) is 38.1 Å². The van der Waals surface area contributed by atoms with Crippen molar-refractivity contribution in [3.63, 3.8) is 0 Å². The molecule has 0 spiro atoms. The molecule has 7 nitrogen and oxygen atoms in total. The number of nitrogens with one attached hydrogen (secondary N) is 2. The van der Waals surface area contributed by atoms with Gasteiger partial charge in [0.2, 0.25) is 10.0 Å². The zero-order valence-corrected chi connectivity index (χ0v) is 17.4. The molecule has 9 heteroatoms. The Morgan fingerprint density at radius 3 is 2.41 bits per heavy atom. The number of benzene rings is 2. The van der Waals surface area contributed by atoms with Crippen LogP contribution in [0.4, 0.5) is 5.69 Å². The van der Waals surface area contributed by atoms with Gasteiger partial charge in [-0.05, 0) is 49.7 Å². The Balaban J connectivity index is 1.55. The number of anilines is 1. The second kappa shape index (κ2) is 9.49. The number of aromatic nitrogens is 2. The normalized spacial score (nSPS) is 10.6. The summed E-state index contributed by atoms with van der Waals surface area (Å²) in [5.74, 6) is -0.0778. The molecule has 2 aromatic carbocycles. The molecule has 0 fully saturated rings. The fourth-order valence-electron chi connectivity index (χ4n) is 2.37. The average Bonchev–Trinajstić information content (AvgIpc) is 3.17. The van der Waals surface area contributed by atoms with Gasteiger partial charge < -0.3 is 15.4 Å². The summed E-state index contributed by atoms with van der Waals surface area (Å²) in [7, 11) is 0. The molecule has 0 bridgehead atoms. The molecule has 0 aliphatic carbocycles. The summed E-state index contributed by atoms with van der Waals surface area (Å²) in [6.07, 6.45) is 0.100. The summed E-state index contributed by atoms with van der Waals surface area (Å²) < 4.78 is 5.59. The van der Waals surface area contributed by atoms with Gasteiger partial charge in [0.15, 0.2) is 0 Å². The Morgan fingerprint density at radius 1 is 1.07 bits per heavy atom. The predicted octanol–water partition coefficient (Wildman–Crippen LogP) is 4.16. The number of nitrogens with zero attached hydrogens (tertiary/aromatic N) is 2. The van der Waals surface area contributed by atoms with Gasteiger partial charge in [-0.25, -0.2) is 0 Å². The van der Waals surface area contributed by atoms with Gasteiger partial charge in [0.05, 0.1) is 6.10 Å². The number of ether oxygens (including phenoxy) is 1. The van der Waals surface area contributed by atoms with Gasteiger partial charge >= 0.3 is 0 Å². The van der Waals surface area contributed by atoms with Gasteiger partial charge in [0, 0.05) is 17.3 Å². The van der Waals surface area contributed by atoms with E-state index in [0.29, 0.717) is 17.3 Å². The monoisotopic (exact) mass is 430 g/mol. The second-order valence-corrected chi connectivity index (χ2v) is 7.78. The molecule has 3 rings (SSSR count). The molecule has 0 radical (unpaired) electrons. The van der Waals surface area contributed by atoms with Crippen LogP contribution in [0.25, 0.3) is 0 Å². The van der Waals surface area contributed by atoms with Crippen LogP contribution in [0.15, 0.2) is 48.5 Å². The molecule has 0 aliphatic rings. The van der Waals surface area contributed by atoms with Crippen molar-refractivity contribution in [3.8, 4) is 5.75 Å². The summed E-state index contributed by atoms with van der Waals surface area (Å²) in [6, 6.07) is 14.2. The summed E-state index contributed by atoms with van der Waals surface area (Å²) >= 11 is 6.82. The highest BCUT2D eigenvalue weighted by atomic mass is 35.5. The second-order valence-electron chi connectivity index (χ2n) is 6.37. The first-order chi connectivity index (χ1) is 13.9. The van der Waals surface area contributed by atoms with E-state index in [4.69, 9.17) is 16.3 Å². The molecule has 0 saturated heterocycles. The molecule has 0 atom stereocenters. The number of halogens is 1. The Morgan fingerprint density at radius 2 is 1.76 bits per heavy atom. The quantitative estimate of drug-likeness (QED) is 0.587. The van der Waals surface area contributed by atoms with E-state index in [0.717, 1.165) is 22.6 Å². The van der Waals surface area contributed by atoms with Crippen molar-refractivity contribution in [2.45, 2.75) is 26.5 Å². The minimum atomic E-state index is -0.454. The van der Waals surface area contributed by atoms with Crippen LogP contribution in [-0.2, 0) is 6.54 Å². The Labute approximate surface area is 177 Å². The number of amides is 2. The maximum absolute atomic E-state index is 12.3. The van der Waals surface area contributed by atoms with Crippen LogP contribution in [0.3, 0.4) is 0 Å². The van der Waals surface area contributed by atoms with Gasteiger partial charge in [-0.1, -0.05) is 41.1 Å². The first kappa shape index (κ1) is 20.8. The van der Waals surface area contributed by atoms with E-state index in [1.54, 1.807) is 24.3 Å². The lowest BCUT2D eigenvalue weighted by Crippen LogP contribution is -2.22. The van der Waals surface area contributed by atoms with Crippen molar-refractivity contribution in [1.29, 1.82) is 0 Å². The average molecular weight is 431 g/mol. The van der Waals surface area contributed by atoms with Crippen molar-refractivity contribution in [1.82, 2.24) is 15.5 Å². The smallest absolute Gasteiger partial charge is 0.286 e. The Kier molecular flexibility index (Phi) is 6.79. The van der Waals surface area contributed by atoms with Crippen LogP contribution in [0, 0.1) is 0 Å². The van der Waals surface area contributed by atoms with E-state index in [1.165, 1.54) is 0 Å². The maximum atomic E-state index is 12.3. The van der Waals surface area contributed by atoms with Crippen LogP contribution < -0.4 is 15.4 Å². The minimum Gasteiger partial charge on any atom is -0.491 e. The van der Waals surface area contributed by atoms with Gasteiger partial charge in [-0.15, -0.1) is 10.2 Å². The third kappa shape index (κ3) is 6.00. The van der Waals surface area contributed by atoms with Gasteiger partial charge in [0.1, 0.15) is 5.75 Å². The molecule has 1 heterocycles. The van der Waals surface area contributed by atoms with Crippen LogP contribution in [-0.4, -0.2) is 28.1 Å². The summed E-state index contributed by atoms with van der Waals surface area (Å²) in [4.78, 5) is 24.6. The standard InChI is InChI=1S/C20H19ClN4O3S/c1-12(2)28-16-8-6-13(7-9-16)11-22-17(26)19-24-25-20(29-19)18(27)23-15-5-3-4-14(21)10-15/h3-10,12H,11H2,1-2H3,(H,22,26)(H,23,27). The zero-order valence-electron chi connectivity index (χ0n) is 15.8. The van der Waals surface area contributed by atoms with Crippen molar-refractivity contribution in [3.05, 3.63) is 69.1 Å². The molecular weight excluding hydrogens is 412 g/mol. The number of carbonyl (C=O) groups excluding carboxylic acids is 2. The van der Waals surface area contributed by atoms with Crippen LogP contribution in [0.1, 0.15) is 39.0 Å². The zero-order chi connectivity index (χ0) is 20.8. The highest BCUT2D eigenvalue weighted by Crippen LogP contribution is 2.18. The lowest BCUT2D eigenvalue weighted by molar-refractivity contribution is 0.0948. The lowest BCUT2D eigenvalue weighted by Gasteiger charge is -2.10. The highest BCUT2D eigenvalue weighted by Gasteiger charge is 2.17. The molecule has 2 amide bonds. The highest BCUT2D eigenvalue weighted by molar-refractivity contribution is 7.15. The third-order valence-corrected chi connectivity index (χ3v) is 4.80. The molecule has 2 N–H and O–H groups in total. The molecule has 0 saturated carbocycles. The Hall–Kier alpha value is -2.97. The molecule has 0 aliphatic heterocycles. The van der Waals surface area contributed by atoms with E-state index in [2.05, 4.69) is 20.8 Å². The molecule has 3 aromatic rings. The first-order valence-corrected chi connectivity index (χ1v) is 10.0. The largest absolute Gasteiger partial charge is 0.491 e. The van der Waals surface area contributed by atoms with Crippen molar-refractivity contribution < 1.29 is 14.3 Å². The number of hydrogen-bond donors (Lipinski definition) is 2. The minimum absolute atomic E-state index is 0.0883. The molecular formula is C20H19ClN4O3S. The summed E-state index contributed by atoms with van der Waals surface area (Å²) in [5.41, 5.74) is 1.45. The van der Waals surface area contributed by atoms with E-state index >= 15 is 0 Å². The number of carbonyl (C=O) groups is 2. The predicted molar refractivity (Wildman–Crippen MR) is 113 cm³/mol. The third-order valence-electron chi connectivity index (χ3n) is 3.64. The van der Waals surface area contributed by atoms with Gasteiger partial charge in [0.25, 0.3) is 11.8 Å². The van der Waals surface area contributed by atoms with Crippen molar-refractivity contribution >= 4 is 40.4 Å². The fourth-order valence-corrected chi connectivity index (χ4v) is 3.22. The molecule has 0 unspecified atom stereocenters. The van der Waals surface area contributed by atoms with Gasteiger partial charge in [-0.3, -0.25) is 9.59 Å². The summed E-state index contributed by atoms with van der Waals surface area (Å²) in [5, 5.41) is 13.7. The maximum Gasteiger partial charge on any atom is 0.286 e. The SMILES string of the molecule is CC(C)Oc1ccc(CNC(=O)c2nnc(C(=O)Nc3cccc(Cl)c3)s2)cc1. The molecule has 29 heavy (non-hydrogen) atoms. The fraction of sp³-hybridized carbons (Fsp3) is 0.200. The van der Waals surface area contributed by atoms with Gasteiger partial charge in [-0.2, -0.15) is 0 Å². The summed E-state index contributed by atoms with van der Waals surface area (Å²) in [6.45, 7) is 4.24. The number of hydrogen-bond acceptors (Lipinski definition) is 6. The van der Waals surface area contributed by atoms with Crippen molar-refractivity contribution in [2.75, 3.05) is 5.32 Å². The molecule has 150 valence electrons. The van der Waals surface area contributed by atoms with E-state index < -0.39 is 11.8 Å². The van der Waals surface area contributed by atoms with Crippen LogP contribution in [0.5, 0.6) is 5.75 Å². The first-order valence-electron chi connectivity index (χ1n) is 8.85. The van der Waals surface area contributed by atoms with Crippen LogP contribution in [0.2, 0.25) is 5.02 Å². The van der Waals surface area contributed by atoms with E-state index in [-0.39, 0.29) is 16.1 Å². The van der Waals surface area contributed by atoms with E-state index in [9.17, 15) is 9.59 Å². The van der Waals surface area contributed by atoms with Crippen LogP contribution >= 0.6 is 22.9 Å². The Bertz CT molecular complexity index is 1000. The topological polar surface area (TPSA) is 93.2 Å².